The summed E-state index contributed by atoms with van der Waals surface area (Å²) in [7, 11) is 1.34. The second-order valence-corrected chi connectivity index (χ2v) is 8.33. The average molecular weight is 435 g/mol. The number of fused-ring (bicyclic) bond motifs is 4. The molecule has 32 heavy (non-hydrogen) atoms. The topological polar surface area (TPSA) is 116 Å². The van der Waals surface area contributed by atoms with Crippen molar-refractivity contribution >= 4 is 34.9 Å². The number of anilines is 2. The van der Waals surface area contributed by atoms with E-state index in [1.807, 2.05) is 35.2 Å². The van der Waals surface area contributed by atoms with Crippen LogP contribution in [0.15, 0.2) is 48.5 Å². The predicted octanol–water partition coefficient (Wildman–Crippen LogP) is 1.54. The number of carbonyl (C=O) groups is 3. The zero-order chi connectivity index (χ0) is 22.6. The number of non-ortho nitro benzene ring substituents is 1. The van der Waals surface area contributed by atoms with Gasteiger partial charge in [-0.2, -0.15) is 0 Å². The van der Waals surface area contributed by atoms with Gasteiger partial charge in [0.25, 0.3) is 5.69 Å². The Morgan fingerprint density at radius 3 is 2.56 bits per heavy atom. The molecule has 2 fully saturated rings. The number of nitro groups is 1. The van der Waals surface area contributed by atoms with Crippen molar-refractivity contribution < 1.29 is 19.3 Å². The van der Waals surface area contributed by atoms with Gasteiger partial charge in [0.15, 0.2) is 5.41 Å². The van der Waals surface area contributed by atoms with Crippen molar-refractivity contribution in [3.05, 3.63) is 64.2 Å². The molecule has 0 aromatic heterocycles. The van der Waals surface area contributed by atoms with Crippen LogP contribution in [0.5, 0.6) is 0 Å². The number of carbonyl (C=O) groups excluding carboxylic acids is 3. The van der Waals surface area contributed by atoms with Gasteiger partial charge in [0, 0.05) is 56.6 Å². The molecule has 3 heterocycles. The largest absolute Gasteiger partial charge is 0.368 e. The van der Waals surface area contributed by atoms with E-state index in [9.17, 15) is 24.5 Å². The summed E-state index contributed by atoms with van der Waals surface area (Å²) in [5, 5.41) is 13.7. The Balaban J connectivity index is 1.65. The maximum Gasteiger partial charge on any atom is 0.330 e. The van der Waals surface area contributed by atoms with Crippen molar-refractivity contribution in [1.82, 2.24) is 10.2 Å². The fourth-order valence-corrected chi connectivity index (χ4v) is 5.12. The first-order valence-electron chi connectivity index (χ1n) is 10.3. The SMILES string of the molecule is CN1C(=O)NC(=O)[C@@]2(Cc3cc([N+](=O)[O-])ccc3N3CCN(c4ccccc4)C[C@H]32)C1=O. The van der Waals surface area contributed by atoms with Crippen LogP contribution < -0.4 is 15.1 Å². The molecule has 3 aliphatic rings. The van der Waals surface area contributed by atoms with Crippen LogP contribution in [-0.2, 0) is 16.0 Å². The summed E-state index contributed by atoms with van der Waals surface area (Å²) in [6, 6.07) is 13.0. The Morgan fingerprint density at radius 2 is 1.84 bits per heavy atom. The van der Waals surface area contributed by atoms with E-state index < -0.39 is 34.2 Å². The highest BCUT2D eigenvalue weighted by atomic mass is 16.6. The third kappa shape index (κ3) is 2.75. The molecule has 164 valence electrons. The van der Waals surface area contributed by atoms with Gasteiger partial charge in [0.1, 0.15) is 0 Å². The van der Waals surface area contributed by atoms with Crippen molar-refractivity contribution in [2.45, 2.75) is 12.5 Å². The normalized spacial score (nSPS) is 24.8. The number of imide groups is 2. The smallest absolute Gasteiger partial charge is 0.330 e. The summed E-state index contributed by atoms with van der Waals surface area (Å²) in [5.74, 6) is -1.25. The maximum absolute atomic E-state index is 13.5. The molecule has 2 saturated heterocycles. The summed E-state index contributed by atoms with van der Waals surface area (Å²) in [6.07, 6.45) is -0.0178. The van der Waals surface area contributed by atoms with E-state index in [2.05, 4.69) is 10.2 Å². The number of amides is 4. The van der Waals surface area contributed by atoms with Crippen LogP contribution >= 0.6 is 0 Å². The average Bonchev–Trinajstić information content (AvgIpc) is 2.81. The van der Waals surface area contributed by atoms with Crippen LogP contribution in [0.4, 0.5) is 21.9 Å². The minimum Gasteiger partial charge on any atom is -0.368 e. The zero-order valence-electron chi connectivity index (χ0n) is 17.4. The molecule has 5 rings (SSSR count). The van der Waals surface area contributed by atoms with E-state index in [1.54, 1.807) is 6.07 Å². The molecule has 0 radical (unpaired) electrons. The number of benzene rings is 2. The first-order valence-corrected chi connectivity index (χ1v) is 10.3. The van der Waals surface area contributed by atoms with Crippen LogP contribution in [0.2, 0.25) is 0 Å². The first-order chi connectivity index (χ1) is 15.3. The number of rotatable bonds is 2. The van der Waals surface area contributed by atoms with Crippen LogP contribution in [0.25, 0.3) is 0 Å². The molecule has 0 bridgehead atoms. The van der Waals surface area contributed by atoms with Crippen LogP contribution in [0.3, 0.4) is 0 Å². The van der Waals surface area contributed by atoms with E-state index in [4.69, 9.17) is 0 Å². The Hall–Kier alpha value is -3.95. The highest BCUT2D eigenvalue weighted by Crippen LogP contribution is 2.46. The predicted molar refractivity (Wildman–Crippen MR) is 115 cm³/mol. The fraction of sp³-hybridized carbons (Fsp3) is 0.318. The number of nitrogens with one attached hydrogen (secondary N) is 1. The lowest BCUT2D eigenvalue weighted by Crippen LogP contribution is -2.74. The first kappa shape index (κ1) is 20.0. The van der Waals surface area contributed by atoms with Gasteiger partial charge in [-0.05, 0) is 23.8 Å². The molecule has 0 saturated carbocycles. The minimum absolute atomic E-state index is 0.0178. The summed E-state index contributed by atoms with van der Waals surface area (Å²) in [5.41, 5.74) is 0.630. The lowest BCUT2D eigenvalue weighted by molar-refractivity contribution is -0.384. The molecular formula is C22H21N5O5. The molecule has 1 N–H and O–H groups in total. The Bertz CT molecular complexity index is 1150. The quantitative estimate of drug-likeness (QED) is 0.432. The monoisotopic (exact) mass is 435 g/mol. The van der Waals surface area contributed by atoms with E-state index in [0.717, 1.165) is 16.3 Å². The van der Waals surface area contributed by atoms with Crippen LogP contribution in [0.1, 0.15) is 5.56 Å². The standard InChI is InChI=1S/C22H21N5O5/c1-24-20(29)22(19(28)23-21(24)30)12-14-11-16(27(31)32)7-8-17(14)26-10-9-25(13-18(22)26)15-5-3-2-4-6-15/h2-8,11,18H,9-10,12-13H2,1H3,(H,23,28,30)/t18-,22-/m0/s1. The van der Waals surface area contributed by atoms with E-state index in [0.29, 0.717) is 25.2 Å². The molecule has 0 aliphatic carbocycles. The van der Waals surface area contributed by atoms with Crippen molar-refractivity contribution in [2.24, 2.45) is 5.41 Å². The van der Waals surface area contributed by atoms with Crippen LogP contribution in [-0.4, -0.2) is 60.4 Å². The lowest BCUT2D eigenvalue weighted by Gasteiger charge is -2.55. The minimum atomic E-state index is -1.57. The van der Waals surface area contributed by atoms with Gasteiger partial charge in [-0.15, -0.1) is 0 Å². The lowest BCUT2D eigenvalue weighted by atomic mass is 9.67. The molecular weight excluding hydrogens is 414 g/mol. The van der Waals surface area contributed by atoms with Crippen molar-refractivity contribution in [1.29, 1.82) is 0 Å². The van der Waals surface area contributed by atoms with Crippen LogP contribution in [0, 0.1) is 15.5 Å². The molecule has 10 nitrogen and oxygen atoms in total. The Labute approximate surface area is 183 Å². The summed E-state index contributed by atoms with van der Waals surface area (Å²) < 4.78 is 0. The van der Waals surface area contributed by atoms with Gasteiger partial charge in [-0.25, -0.2) is 4.79 Å². The second kappa shape index (κ2) is 7.04. The van der Waals surface area contributed by atoms with Crippen molar-refractivity contribution in [3.8, 4) is 0 Å². The summed E-state index contributed by atoms with van der Waals surface area (Å²) in [4.78, 5) is 54.9. The zero-order valence-corrected chi connectivity index (χ0v) is 17.4. The Kier molecular flexibility index (Phi) is 4.40. The maximum atomic E-state index is 13.5. The van der Waals surface area contributed by atoms with E-state index in [-0.39, 0.29) is 12.1 Å². The molecule has 2 atom stereocenters. The Morgan fingerprint density at radius 1 is 1.09 bits per heavy atom. The summed E-state index contributed by atoms with van der Waals surface area (Å²) >= 11 is 0. The number of piperazine rings is 1. The third-order valence-corrected chi connectivity index (χ3v) is 6.74. The van der Waals surface area contributed by atoms with E-state index in [1.165, 1.54) is 19.2 Å². The summed E-state index contributed by atoms with van der Waals surface area (Å²) in [6.45, 7) is 1.56. The van der Waals surface area contributed by atoms with Gasteiger partial charge >= 0.3 is 6.03 Å². The molecule has 2 aromatic rings. The molecule has 0 unspecified atom stereocenters. The number of nitrogens with zero attached hydrogens (tertiary/aromatic N) is 4. The van der Waals surface area contributed by atoms with Crippen molar-refractivity contribution in [3.63, 3.8) is 0 Å². The molecule has 10 heteroatoms. The number of barbiturate groups is 1. The van der Waals surface area contributed by atoms with Gasteiger partial charge in [0.2, 0.25) is 11.8 Å². The highest BCUT2D eigenvalue weighted by molar-refractivity contribution is 6.20. The third-order valence-electron chi connectivity index (χ3n) is 6.74. The number of nitro benzene ring substituents is 1. The number of urea groups is 1. The number of hydrogen-bond acceptors (Lipinski definition) is 7. The van der Waals surface area contributed by atoms with Gasteiger partial charge in [-0.3, -0.25) is 29.9 Å². The second-order valence-electron chi connectivity index (χ2n) is 8.33. The van der Waals surface area contributed by atoms with Gasteiger partial charge in [-0.1, -0.05) is 18.2 Å². The van der Waals surface area contributed by atoms with Crippen molar-refractivity contribution in [2.75, 3.05) is 36.5 Å². The highest BCUT2D eigenvalue weighted by Gasteiger charge is 2.62. The molecule has 4 amide bonds. The van der Waals surface area contributed by atoms with Gasteiger partial charge in [0.05, 0.1) is 11.0 Å². The fourth-order valence-electron chi connectivity index (χ4n) is 5.12. The molecule has 1 spiro atoms. The van der Waals surface area contributed by atoms with Gasteiger partial charge < -0.3 is 9.80 Å². The number of para-hydroxylation sites is 1. The number of hydrogen-bond donors (Lipinski definition) is 1. The molecule has 2 aromatic carbocycles. The molecule has 3 aliphatic heterocycles. The van der Waals surface area contributed by atoms with E-state index >= 15 is 0 Å².